The third-order valence-electron chi connectivity index (χ3n) is 5.32. The van der Waals surface area contributed by atoms with Crippen LogP contribution in [0.25, 0.3) is 0 Å². The van der Waals surface area contributed by atoms with Gasteiger partial charge in [-0.25, -0.2) is 0 Å². The Balaban J connectivity index is 3.21. The number of rotatable bonds is 10. The van der Waals surface area contributed by atoms with Gasteiger partial charge in [-0.1, -0.05) is 67.5 Å². The second kappa shape index (κ2) is 9.78. The Kier molecular flexibility index (Phi) is 8.81. The molecule has 0 heterocycles. The molecule has 0 aliphatic heterocycles. The summed E-state index contributed by atoms with van der Waals surface area (Å²) in [6.45, 7) is 28.1. The fraction of sp³-hybridized carbons (Fsp3) is 0.727. The summed E-state index contributed by atoms with van der Waals surface area (Å²) in [4.78, 5) is 7.95. The molecule has 1 rings (SSSR count). The Morgan fingerprint density at radius 2 is 0.821 bits per heavy atom. The molecule has 0 aromatic heterocycles. The number of nitrogens with one attached hydrogen (secondary N) is 2. The lowest BCUT2D eigenvalue weighted by atomic mass is 10.3. The van der Waals surface area contributed by atoms with E-state index in [1.165, 1.54) is 11.4 Å². The largest absolute Gasteiger partial charge is 0.397 e. The summed E-state index contributed by atoms with van der Waals surface area (Å²) in [5.41, 5.74) is 2.47. The second-order valence-electron chi connectivity index (χ2n) is 10.1. The molecule has 0 radical (unpaired) electrons. The van der Waals surface area contributed by atoms with Crippen LogP contribution < -0.4 is 9.96 Å². The van der Waals surface area contributed by atoms with Crippen molar-refractivity contribution in [3.63, 3.8) is 0 Å². The van der Waals surface area contributed by atoms with E-state index in [-0.39, 0.29) is 0 Å². The Morgan fingerprint density at radius 1 is 0.571 bits per heavy atom. The monoisotopic (exact) mass is 422 g/mol. The van der Waals surface area contributed by atoms with Gasteiger partial charge in [0.1, 0.15) is 0 Å². The highest BCUT2D eigenvalue weighted by Crippen LogP contribution is 2.29. The van der Waals surface area contributed by atoms with Crippen LogP contribution in [0, 0.1) is 0 Å². The number of hydrogen-bond acceptors (Lipinski definition) is 4. The molecule has 0 fully saturated rings. The van der Waals surface area contributed by atoms with Gasteiger partial charge in [0.2, 0.25) is 16.8 Å². The zero-order chi connectivity index (χ0) is 21.9. The van der Waals surface area contributed by atoms with E-state index < -0.39 is 16.8 Å². The molecular formula is C22H46N4Si2. The van der Waals surface area contributed by atoms with Crippen LogP contribution in [-0.4, -0.2) is 50.1 Å². The van der Waals surface area contributed by atoms with Gasteiger partial charge in [-0.3, -0.25) is 0 Å². The van der Waals surface area contributed by atoms with E-state index in [2.05, 4.69) is 125 Å². The lowest BCUT2D eigenvalue weighted by Gasteiger charge is -2.45. The van der Waals surface area contributed by atoms with Crippen LogP contribution >= 0.6 is 0 Å². The molecule has 2 N–H and O–H groups in total. The minimum absolute atomic E-state index is 0.525. The number of nitrogens with zero attached hydrogens (tertiary/aromatic N) is 2. The summed E-state index contributed by atoms with van der Waals surface area (Å²) in [7, 11) is -3.66. The summed E-state index contributed by atoms with van der Waals surface area (Å²) < 4.78 is 5.34. The molecule has 0 saturated carbocycles. The minimum Gasteiger partial charge on any atom is -0.397 e. The summed E-state index contributed by atoms with van der Waals surface area (Å²) in [5, 5.41) is 0. The van der Waals surface area contributed by atoms with Crippen LogP contribution in [0.3, 0.4) is 0 Å². The molecule has 0 unspecified atom stereocenters. The van der Waals surface area contributed by atoms with E-state index in [0.717, 1.165) is 0 Å². The van der Waals surface area contributed by atoms with Gasteiger partial charge in [0.05, 0.1) is 0 Å². The van der Waals surface area contributed by atoms with Crippen molar-refractivity contribution in [1.29, 1.82) is 0 Å². The van der Waals surface area contributed by atoms with Crippen LogP contribution in [0.5, 0.6) is 0 Å². The molecule has 162 valence electrons. The first-order valence-corrected chi connectivity index (χ1v) is 16.8. The van der Waals surface area contributed by atoms with Crippen molar-refractivity contribution >= 4 is 28.2 Å². The average Bonchev–Trinajstić information content (AvgIpc) is 2.45. The summed E-state index contributed by atoms with van der Waals surface area (Å²) >= 11 is 0. The van der Waals surface area contributed by atoms with Crippen molar-refractivity contribution in [2.24, 2.45) is 0 Å². The van der Waals surface area contributed by atoms with Gasteiger partial charge in [0.25, 0.3) is 0 Å². The maximum absolute atomic E-state index is 3.98. The molecule has 1 aromatic rings. The minimum atomic E-state index is -1.83. The van der Waals surface area contributed by atoms with Gasteiger partial charge in [0, 0.05) is 11.4 Å². The molecule has 6 heteroatoms. The van der Waals surface area contributed by atoms with Gasteiger partial charge >= 0.3 is 0 Å². The summed E-state index contributed by atoms with van der Waals surface area (Å²) in [6, 6.07) is 10.9. The van der Waals surface area contributed by atoms with E-state index in [9.17, 15) is 0 Å². The molecule has 0 amide bonds. The van der Waals surface area contributed by atoms with Gasteiger partial charge in [-0.2, -0.15) is 0 Å². The fourth-order valence-corrected chi connectivity index (χ4v) is 12.4. The first-order valence-electron chi connectivity index (χ1n) is 10.9. The number of anilines is 2. The van der Waals surface area contributed by atoms with Crippen LogP contribution in [0.4, 0.5) is 11.4 Å². The highest BCUT2D eigenvalue weighted by atomic mass is 28.4. The van der Waals surface area contributed by atoms with Crippen molar-refractivity contribution in [3.8, 4) is 0 Å². The smallest absolute Gasteiger partial charge is 0.226 e. The predicted octanol–water partition coefficient (Wildman–Crippen LogP) is 6.15. The highest BCUT2D eigenvalue weighted by molar-refractivity contribution is 6.79. The van der Waals surface area contributed by atoms with E-state index in [0.29, 0.717) is 24.2 Å². The van der Waals surface area contributed by atoms with Gasteiger partial charge in [0.15, 0.2) is 0 Å². The van der Waals surface area contributed by atoms with E-state index in [4.69, 9.17) is 0 Å². The normalized spacial score (nSPS) is 13.5. The average molecular weight is 423 g/mol. The molecule has 0 atom stereocenters. The first kappa shape index (κ1) is 25.2. The second-order valence-corrected chi connectivity index (χ2v) is 17.9. The Hall–Kier alpha value is -0.826. The summed E-state index contributed by atoms with van der Waals surface area (Å²) in [5.74, 6) is 0. The maximum atomic E-state index is 3.98. The van der Waals surface area contributed by atoms with Crippen LogP contribution in [0.2, 0.25) is 26.2 Å². The molecular weight excluding hydrogens is 376 g/mol. The lowest BCUT2D eigenvalue weighted by Crippen LogP contribution is -2.61. The Labute approximate surface area is 177 Å². The predicted molar refractivity (Wildman–Crippen MR) is 133 cm³/mol. The van der Waals surface area contributed by atoms with Crippen molar-refractivity contribution < 1.29 is 0 Å². The van der Waals surface area contributed by atoms with Crippen LogP contribution in [0.15, 0.2) is 24.3 Å². The number of benzene rings is 1. The highest BCUT2D eigenvalue weighted by Gasteiger charge is 2.37. The molecule has 4 nitrogen and oxygen atoms in total. The van der Waals surface area contributed by atoms with E-state index in [1.807, 2.05) is 0 Å². The molecule has 1 aromatic carbocycles. The van der Waals surface area contributed by atoms with Crippen molar-refractivity contribution in [3.05, 3.63) is 24.3 Å². The molecule has 0 aliphatic rings. The van der Waals surface area contributed by atoms with Gasteiger partial charge in [-0.05, 0) is 62.5 Å². The van der Waals surface area contributed by atoms with E-state index in [1.54, 1.807) is 0 Å². The lowest BCUT2D eigenvalue weighted by molar-refractivity contribution is 0.296. The topological polar surface area (TPSA) is 30.5 Å². The maximum Gasteiger partial charge on any atom is 0.226 e. The number of para-hydroxylation sites is 2. The quantitative estimate of drug-likeness (QED) is 0.443. The number of hydrogen-bond donors (Lipinski definition) is 2. The molecule has 0 bridgehead atoms. The van der Waals surface area contributed by atoms with Gasteiger partial charge < -0.3 is 19.1 Å². The van der Waals surface area contributed by atoms with Crippen molar-refractivity contribution in [2.45, 2.75) is 106 Å². The fourth-order valence-electron chi connectivity index (χ4n) is 5.26. The zero-order valence-corrected chi connectivity index (χ0v) is 22.5. The van der Waals surface area contributed by atoms with Gasteiger partial charge in [-0.15, -0.1) is 0 Å². The molecule has 0 saturated heterocycles. The van der Waals surface area contributed by atoms with Crippen LogP contribution in [0.1, 0.15) is 55.4 Å². The zero-order valence-electron chi connectivity index (χ0n) is 20.5. The van der Waals surface area contributed by atoms with E-state index >= 15 is 0 Å². The third kappa shape index (κ3) is 6.34. The molecule has 28 heavy (non-hydrogen) atoms. The van der Waals surface area contributed by atoms with Crippen molar-refractivity contribution in [2.75, 3.05) is 9.96 Å². The Bertz CT molecular complexity index is 543. The Morgan fingerprint density at radius 3 is 1.04 bits per heavy atom. The van der Waals surface area contributed by atoms with Crippen LogP contribution in [-0.2, 0) is 0 Å². The third-order valence-corrected chi connectivity index (χ3v) is 11.7. The molecule has 0 spiro atoms. The van der Waals surface area contributed by atoms with Crippen molar-refractivity contribution in [1.82, 2.24) is 9.13 Å². The SMILES string of the molecule is CC(C)N(C(C)C)[Si](C)(C)Nc1ccccc1N[Si](C)(C)N(C(C)C)C(C)C. The standard InChI is InChI=1S/C22H46N4Si2/c1-17(2)25(18(3)4)27(9,10)23-21-15-13-14-16-22(21)24-28(11,12)26(19(5)6)20(7)8/h13-20,23-24H,1-12H3. The summed E-state index contributed by atoms with van der Waals surface area (Å²) in [6.07, 6.45) is 0. The first-order chi connectivity index (χ1) is 12.7. The molecule has 0 aliphatic carbocycles.